The smallest absolute Gasteiger partial charge is 0.284 e. The van der Waals surface area contributed by atoms with Crippen molar-refractivity contribution >= 4 is 39.1 Å². The molecule has 0 atom stereocenters. The second kappa shape index (κ2) is 9.18. The molecule has 0 bridgehead atoms. The number of aromatic nitrogens is 2. The zero-order valence-electron chi connectivity index (χ0n) is 17.4. The number of likely N-dealkylation sites (tertiary alicyclic amines) is 1. The summed E-state index contributed by atoms with van der Waals surface area (Å²) in [5.74, 6) is 0.241. The van der Waals surface area contributed by atoms with Gasteiger partial charge in [-0.1, -0.05) is 24.1 Å². The number of hydrogen-bond donors (Lipinski definition) is 1. The quantitative estimate of drug-likeness (QED) is 0.751. The molecule has 1 aliphatic rings. The van der Waals surface area contributed by atoms with Gasteiger partial charge in [0.15, 0.2) is 0 Å². The van der Waals surface area contributed by atoms with Crippen molar-refractivity contribution in [3.8, 4) is 0 Å². The molecule has 0 aliphatic carbocycles. The third kappa shape index (κ3) is 5.20. The van der Waals surface area contributed by atoms with Crippen LogP contribution in [0.15, 0.2) is 33.6 Å². The molecule has 1 fully saturated rings. The van der Waals surface area contributed by atoms with E-state index in [1.165, 1.54) is 16.8 Å². The highest BCUT2D eigenvalue weighted by Crippen LogP contribution is 2.21. The third-order valence-electron chi connectivity index (χ3n) is 5.06. The molecule has 2 heterocycles. The lowest BCUT2D eigenvalue weighted by atomic mass is 10.2. The van der Waals surface area contributed by atoms with Crippen LogP contribution in [0.5, 0.6) is 0 Å². The van der Waals surface area contributed by atoms with Gasteiger partial charge in [-0.15, -0.1) is 4.40 Å². The van der Waals surface area contributed by atoms with E-state index in [1.54, 1.807) is 26.0 Å². The molecule has 0 unspecified atom stereocenters. The van der Waals surface area contributed by atoms with Gasteiger partial charge in [-0.3, -0.25) is 9.48 Å². The molecule has 1 saturated heterocycles. The van der Waals surface area contributed by atoms with E-state index < -0.39 is 10.0 Å². The number of sulfonamides is 1. The fourth-order valence-corrected chi connectivity index (χ4v) is 4.61. The molecule has 10 heteroatoms. The average Bonchev–Trinajstić information content (AvgIpc) is 2.84. The number of amidine groups is 1. The number of aryl methyl sites for hydroxylation is 1. The Hall–Kier alpha value is -2.39. The summed E-state index contributed by atoms with van der Waals surface area (Å²) in [6.07, 6.45) is 3.64. The van der Waals surface area contributed by atoms with Gasteiger partial charge < -0.3 is 10.2 Å². The lowest BCUT2D eigenvalue weighted by molar-refractivity contribution is -0.116. The Bertz CT molecular complexity index is 1080. The number of hydrogen-bond acceptors (Lipinski definition) is 4. The number of nitrogens with zero attached hydrogens (tertiary/aromatic N) is 4. The first-order valence-electron chi connectivity index (χ1n) is 9.82. The Labute approximate surface area is 182 Å². The van der Waals surface area contributed by atoms with Gasteiger partial charge in [-0.2, -0.15) is 13.5 Å². The summed E-state index contributed by atoms with van der Waals surface area (Å²) in [5.41, 5.74) is 1.73. The van der Waals surface area contributed by atoms with Crippen LogP contribution in [-0.2, 0) is 21.4 Å². The lowest BCUT2D eigenvalue weighted by Crippen LogP contribution is -2.27. The van der Waals surface area contributed by atoms with Crippen LogP contribution >= 0.6 is 11.6 Å². The summed E-state index contributed by atoms with van der Waals surface area (Å²) in [6, 6.07) is 6.12. The van der Waals surface area contributed by atoms with Crippen LogP contribution in [0.3, 0.4) is 0 Å². The molecule has 30 heavy (non-hydrogen) atoms. The second-order valence-electron chi connectivity index (χ2n) is 7.43. The standard InChI is InChI=1S/C20H26ClN5O3S/c1-14-20(21)15(2)26(23-14)13-19(27)22-16-8-7-9-17(12-16)30(28,29)24-18-10-5-4-6-11-25(18)3/h7-9,12H,4-6,10-11,13H2,1-3H3,(H,22,27)/b24-18+. The maximum Gasteiger partial charge on any atom is 0.284 e. The van der Waals surface area contributed by atoms with Crippen LogP contribution < -0.4 is 5.32 Å². The topological polar surface area (TPSA) is 96.7 Å². The van der Waals surface area contributed by atoms with Crippen molar-refractivity contribution in [2.45, 2.75) is 51.0 Å². The minimum Gasteiger partial charge on any atom is -0.362 e. The maximum absolute atomic E-state index is 12.8. The Kier molecular flexibility index (Phi) is 6.82. The zero-order valence-corrected chi connectivity index (χ0v) is 18.9. The largest absolute Gasteiger partial charge is 0.362 e. The molecule has 8 nitrogen and oxygen atoms in total. The van der Waals surface area contributed by atoms with E-state index in [9.17, 15) is 13.2 Å². The third-order valence-corrected chi connectivity index (χ3v) is 6.91. The monoisotopic (exact) mass is 451 g/mol. The van der Waals surface area contributed by atoms with Crippen LogP contribution in [0, 0.1) is 13.8 Å². The van der Waals surface area contributed by atoms with Crippen molar-refractivity contribution in [3.05, 3.63) is 40.7 Å². The van der Waals surface area contributed by atoms with Crippen LogP contribution in [-0.4, -0.2) is 48.4 Å². The molecule has 1 aromatic carbocycles. The van der Waals surface area contributed by atoms with E-state index in [4.69, 9.17) is 11.6 Å². The number of carbonyl (C=O) groups excluding carboxylic acids is 1. The van der Waals surface area contributed by atoms with Crippen LogP contribution in [0.2, 0.25) is 5.02 Å². The molecule has 1 aromatic heterocycles. The highest BCUT2D eigenvalue weighted by molar-refractivity contribution is 7.90. The molecule has 0 radical (unpaired) electrons. The summed E-state index contributed by atoms with van der Waals surface area (Å²) < 4.78 is 31.2. The van der Waals surface area contributed by atoms with Crippen molar-refractivity contribution < 1.29 is 13.2 Å². The van der Waals surface area contributed by atoms with Gasteiger partial charge in [0, 0.05) is 25.7 Å². The number of nitrogens with one attached hydrogen (secondary N) is 1. The van der Waals surface area contributed by atoms with Gasteiger partial charge in [-0.05, 0) is 44.9 Å². The normalized spacial score (nSPS) is 16.5. The van der Waals surface area contributed by atoms with E-state index in [0.29, 0.717) is 34.4 Å². The van der Waals surface area contributed by atoms with Crippen molar-refractivity contribution in [1.82, 2.24) is 14.7 Å². The van der Waals surface area contributed by atoms with Gasteiger partial charge in [0.25, 0.3) is 10.0 Å². The van der Waals surface area contributed by atoms with Crippen LogP contribution in [0.4, 0.5) is 5.69 Å². The molecule has 3 rings (SSSR count). The fraction of sp³-hybridized carbons (Fsp3) is 0.450. The van der Waals surface area contributed by atoms with Crippen molar-refractivity contribution in [1.29, 1.82) is 0 Å². The molecule has 2 aromatic rings. The van der Waals surface area contributed by atoms with E-state index in [-0.39, 0.29) is 17.3 Å². The van der Waals surface area contributed by atoms with Crippen molar-refractivity contribution in [2.75, 3.05) is 18.9 Å². The average molecular weight is 452 g/mol. The van der Waals surface area contributed by atoms with Crippen LogP contribution in [0.25, 0.3) is 0 Å². The number of amides is 1. The van der Waals surface area contributed by atoms with Gasteiger partial charge in [0.2, 0.25) is 5.91 Å². The Morgan fingerprint density at radius 1 is 1.27 bits per heavy atom. The maximum atomic E-state index is 12.8. The lowest BCUT2D eigenvalue weighted by Gasteiger charge is -2.17. The first-order valence-corrected chi connectivity index (χ1v) is 11.6. The summed E-state index contributed by atoms with van der Waals surface area (Å²) in [4.78, 5) is 14.4. The predicted molar refractivity (Wildman–Crippen MR) is 118 cm³/mol. The minimum atomic E-state index is -3.88. The minimum absolute atomic E-state index is 0.0243. The first-order chi connectivity index (χ1) is 14.2. The van der Waals surface area contributed by atoms with E-state index in [2.05, 4.69) is 14.8 Å². The van der Waals surface area contributed by atoms with Crippen LogP contribution in [0.1, 0.15) is 37.1 Å². The van der Waals surface area contributed by atoms with Gasteiger partial charge in [0.05, 0.1) is 21.3 Å². The first kappa shape index (κ1) is 22.3. The van der Waals surface area contributed by atoms with E-state index in [0.717, 1.165) is 25.8 Å². The summed E-state index contributed by atoms with van der Waals surface area (Å²) >= 11 is 6.12. The SMILES string of the molecule is Cc1nn(CC(=O)Nc2cccc(S(=O)(=O)/N=C3\CCCCCN3C)c2)c(C)c1Cl. The molecule has 0 saturated carbocycles. The second-order valence-corrected chi connectivity index (χ2v) is 9.42. The number of halogens is 1. The predicted octanol–water partition coefficient (Wildman–Crippen LogP) is 3.39. The van der Waals surface area contributed by atoms with Crippen molar-refractivity contribution in [2.24, 2.45) is 4.40 Å². The van der Waals surface area contributed by atoms with Gasteiger partial charge >= 0.3 is 0 Å². The van der Waals surface area contributed by atoms with Gasteiger partial charge in [0.1, 0.15) is 12.4 Å². The number of rotatable bonds is 5. The molecule has 1 amide bonds. The zero-order chi connectivity index (χ0) is 21.9. The Morgan fingerprint density at radius 3 is 2.73 bits per heavy atom. The summed E-state index contributed by atoms with van der Waals surface area (Å²) in [5, 5.41) is 7.47. The Balaban J connectivity index is 1.76. The van der Waals surface area contributed by atoms with Gasteiger partial charge in [-0.25, -0.2) is 0 Å². The molecular formula is C20H26ClN5O3S. The summed E-state index contributed by atoms with van der Waals surface area (Å²) in [7, 11) is -2.01. The number of carbonyl (C=O) groups is 1. The molecular weight excluding hydrogens is 426 g/mol. The number of benzene rings is 1. The van der Waals surface area contributed by atoms with Crippen molar-refractivity contribution in [3.63, 3.8) is 0 Å². The highest BCUT2D eigenvalue weighted by Gasteiger charge is 2.19. The molecule has 162 valence electrons. The molecule has 1 aliphatic heterocycles. The number of anilines is 1. The fourth-order valence-electron chi connectivity index (χ4n) is 3.34. The van der Waals surface area contributed by atoms with E-state index in [1.807, 2.05) is 11.9 Å². The Morgan fingerprint density at radius 2 is 2.03 bits per heavy atom. The van der Waals surface area contributed by atoms with E-state index >= 15 is 0 Å². The highest BCUT2D eigenvalue weighted by atomic mass is 35.5. The molecule has 1 N–H and O–H groups in total. The molecule has 0 spiro atoms. The summed E-state index contributed by atoms with van der Waals surface area (Å²) in [6.45, 7) is 4.32.